The number of rotatable bonds is 3. The van der Waals surface area contributed by atoms with Crippen LogP contribution in [-0.4, -0.2) is 36.4 Å². The van der Waals surface area contributed by atoms with E-state index >= 15 is 0 Å². The Hall–Kier alpha value is -3.45. The Labute approximate surface area is 161 Å². The van der Waals surface area contributed by atoms with Crippen molar-refractivity contribution in [1.29, 1.82) is 0 Å². The normalized spacial score (nSPS) is 14.1. The zero-order valence-electron chi connectivity index (χ0n) is 15.2. The number of para-hydroxylation sites is 1. The van der Waals surface area contributed by atoms with Crippen LogP contribution in [0.1, 0.15) is 16.8 Å². The Kier molecular flexibility index (Phi) is 4.14. The smallest absolute Gasteiger partial charge is 0.255 e. The number of aromatic amines is 1. The van der Waals surface area contributed by atoms with Crippen LogP contribution in [0.25, 0.3) is 22.6 Å². The van der Waals surface area contributed by atoms with Gasteiger partial charge in [-0.3, -0.25) is 24.6 Å². The molecule has 0 spiro atoms. The zero-order chi connectivity index (χ0) is 18.9. The quantitative estimate of drug-likeness (QED) is 0.596. The molecule has 28 heavy (non-hydrogen) atoms. The van der Waals surface area contributed by atoms with Gasteiger partial charge in [-0.05, 0) is 23.8 Å². The van der Waals surface area contributed by atoms with E-state index in [1.807, 2.05) is 30.3 Å². The Morgan fingerprint density at radius 1 is 1.00 bits per heavy atom. The van der Waals surface area contributed by atoms with E-state index in [0.29, 0.717) is 18.1 Å². The van der Waals surface area contributed by atoms with E-state index in [2.05, 4.69) is 35.9 Å². The number of pyridine rings is 1. The van der Waals surface area contributed by atoms with Gasteiger partial charge in [0.25, 0.3) is 5.56 Å². The van der Waals surface area contributed by atoms with Gasteiger partial charge in [-0.25, -0.2) is 4.98 Å². The fourth-order valence-electron chi connectivity index (χ4n) is 3.66. The number of fused-ring (bicyclic) bond motifs is 2. The summed E-state index contributed by atoms with van der Waals surface area (Å²) in [5.41, 5.74) is 5.09. The lowest BCUT2D eigenvalue weighted by molar-refractivity contribution is 0.242. The van der Waals surface area contributed by atoms with Gasteiger partial charge in [0.2, 0.25) is 0 Å². The summed E-state index contributed by atoms with van der Waals surface area (Å²) in [6, 6.07) is 11.6. The average molecular weight is 370 g/mol. The van der Waals surface area contributed by atoms with Gasteiger partial charge in [-0.1, -0.05) is 18.2 Å². The molecular weight excluding hydrogens is 352 g/mol. The van der Waals surface area contributed by atoms with Crippen LogP contribution in [0.3, 0.4) is 0 Å². The van der Waals surface area contributed by atoms with Crippen molar-refractivity contribution in [3.05, 3.63) is 82.2 Å². The minimum atomic E-state index is -0.0898. The molecule has 1 N–H and O–H groups in total. The number of nitrogens with zero attached hydrogens (tertiary/aromatic N) is 5. The fourth-order valence-corrected chi connectivity index (χ4v) is 3.66. The lowest BCUT2D eigenvalue weighted by atomic mass is 10.1. The van der Waals surface area contributed by atoms with Crippen molar-refractivity contribution in [2.75, 3.05) is 6.54 Å². The van der Waals surface area contributed by atoms with E-state index < -0.39 is 0 Å². The van der Waals surface area contributed by atoms with Crippen molar-refractivity contribution in [1.82, 2.24) is 29.8 Å². The number of hydrogen-bond acceptors (Lipinski definition) is 6. The predicted octanol–water partition coefficient (Wildman–Crippen LogP) is 2.33. The third-order valence-electron chi connectivity index (χ3n) is 5.03. The van der Waals surface area contributed by atoms with Gasteiger partial charge in [0.1, 0.15) is 5.69 Å². The molecule has 3 aromatic heterocycles. The second-order valence-corrected chi connectivity index (χ2v) is 6.86. The first-order valence-corrected chi connectivity index (χ1v) is 9.22. The second-order valence-electron chi connectivity index (χ2n) is 6.86. The Balaban J connectivity index is 1.43. The highest BCUT2D eigenvalue weighted by Crippen LogP contribution is 2.21. The SMILES string of the molecule is O=c1[nH]c(-c2ccccn2)nc2c1CN(Cc1cccc3nccnc13)CC2. The zero-order valence-corrected chi connectivity index (χ0v) is 15.2. The van der Waals surface area contributed by atoms with Crippen LogP contribution in [-0.2, 0) is 19.5 Å². The Bertz CT molecular complexity index is 1200. The van der Waals surface area contributed by atoms with Crippen LogP contribution in [0.15, 0.2) is 59.8 Å². The van der Waals surface area contributed by atoms with Crippen molar-refractivity contribution in [2.24, 2.45) is 0 Å². The fraction of sp³-hybridized carbons (Fsp3) is 0.190. The summed E-state index contributed by atoms with van der Waals surface area (Å²) in [5.74, 6) is 0.530. The lowest BCUT2D eigenvalue weighted by Gasteiger charge is -2.27. The molecule has 4 heterocycles. The van der Waals surface area contributed by atoms with Crippen LogP contribution < -0.4 is 5.56 Å². The van der Waals surface area contributed by atoms with E-state index in [0.717, 1.165) is 47.4 Å². The van der Waals surface area contributed by atoms with E-state index in [9.17, 15) is 4.79 Å². The van der Waals surface area contributed by atoms with Gasteiger partial charge in [-0.15, -0.1) is 0 Å². The summed E-state index contributed by atoms with van der Waals surface area (Å²) in [7, 11) is 0. The average Bonchev–Trinajstić information content (AvgIpc) is 2.75. The summed E-state index contributed by atoms with van der Waals surface area (Å²) < 4.78 is 0. The molecule has 0 unspecified atom stereocenters. The lowest BCUT2D eigenvalue weighted by Crippen LogP contribution is -2.35. The summed E-state index contributed by atoms with van der Waals surface area (Å²) in [6.07, 6.45) is 5.85. The van der Waals surface area contributed by atoms with Gasteiger partial charge < -0.3 is 4.98 Å². The minimum Gasteiger partial charge on any atom is -0.305 e. The third kappa shape index (κ3) is 3.05. The second kappa shape index (κ2) is 6.94. The Morgan fingerprint density at radius 2 is 1.93 bits per heavy atom. The molecule has 0 saturated carbocycles. The minimum absolute atomic E-state index is 0.0898. The van der Waals surface area contributed by atoms with E-state index in [1.165, 1.54) is 0 Å². The first kappa shape index (κ1) is 16.7. The van der Waals surface area contributed by atoms with Gasteiger partial charge in [0, 0.05) is 44.6 Å². The van der Waals surface area contributed by atoms with Gasteiger partial charge in [0.15, 0.2) is 5.82 Å². The maximum absolute atomic E-state index is 12.7. The monoisotopic (exact) mass is 370 g/mol. The molecule has 1 aliphatic heterocycles. The van der Waals surface area contributed by atoms with Gasteiger partial charge in [0.05, 0.1) is 22.3 Å². The van der Waals surface area contributed by atoms with Crippen molar-refractivity contribution < 1.29 is 0 Å². The highest BCUT2D eigenvalue weighted by atomic mass is 16.1. The van der Waals surface area contributed by atoms with Crippen LogP contribution in [0, 0.1) is 0 Å². The number of H-pyrrole nitrogens is 1. The molecule has 0 fully saturated rings. The topological polar surface area (TPSA) is 87.7 Å². The number of benzene rings is 1. The molecule has 7 heteroatoms. The summed E-state index contributed by atoms with van der Waals surface area (Å²) in [4.78, 5) is 35.6. The first-order valence-electron chi connectivity index (χ1n) is 9.22. The molecule has 1 aromatic carbocycles. The highest BCUT2D eigenvalue weighted by molar-refractivity contribution is 5.77. The Morgan fingerprint density at radius 3 is 2.82 bits per heavy atom. The molecule has 0 saturated heterocycles. The number of hydrogen-bond donors (Lipinski definition) is 1. The summed E-state index contributed by atoms with van der Waals surface area (Å²) in [5, 5.41) is 0. The molecular formula is C21H18N6O. The van der Waals surface area contributed by atoms with Gasteiger partial charge >= 0.3 is 0 Å². The summed E-state index contributed by atoms with van der Waals surface area (Å²) in [6.45, 7) is 2.12. The molecule has 138 valence electrons. The number of aromatic nitrogens is 5. The van der Waals surface area contributed by atoms with E-state index in [-0.39, 0.29) is 5.56 Å². The molecule has 0 radical (unpaired) electrons. The van der Waals surface area contributed by atoms with Crippen LogP contribution in [0.2, 0.25) is 0 Å². The molecule has 0 aliphatic carbocycles. The molecule has 0 amide bonds. The third-order valence-corrected chi connectivity index (χ3v) is 5.03. The maximum Gasteiger partial charge on any atom is 0.255 e. The highest BCUT2D eigenvalue weighted by Gasteiger charge is 2.22. The maximum atomic E-state index is 12.7. The van der Waals surface area contributed by atoms with Crippen molar-refractivity contribution in [3.8, 4) is 11.5 Å². The molecule has 0 atom stereocenters. The molecule has 0 bridgehead atoms. The first-order chi connectivity index (χ1) is 13.8. The predicted molar refractivity (Wildman–Crippen MR) is 105 cm³/mol. The summed E-state index contributed by atoms with van der Waals surface area (Å²) >= 11 is 0. The standard InChI is InChI=1S/C21H18N6O/c28-21-15-13-27(12-14-4-3-6-17-19(14)24-10-9-23-17)11-7-16(15)25-20(26-21)18-5-1-2-8-22-18/h1-6,8-10H,7,11-13H2,(H,25,26,28). The largest absolute Gasteiger partial charge is 0.305 e. The van der Waals surface area contributed by atoms with Crippen LogP contribution in [0.5, 0.6) is 0 Å². The molecule has 7 nitrogen and oxygen atoms in total. The van der Waals surface area contributed by atoms with Gasteiger partial charge in [-0.2, -0.15) is 0 Å². The van der Waals surface area contributed by atoms with E-state index in [1.54, 1.807) is 18.6 Å². The molecule has 5 rings (SSSR count). The van der Waals surface area contributed by atoms with Crippen molar-refractivity contribution >= 4 is 11.0 Å². The molecule has 1 aliphatic rings. The molecule has 4 aromatic rings. The van der Waals surface area contributed by atoms with Crippen molar-refractivity contribution in [3.63, 3.8) is 0 Å². The van der Waals surface area contributed by atoms with Crippen molar-refractivity contribution in [2.45, 2.75) is 19.5 Å². The number of nitrogens with one attached hydrogen (secondary N) is 1. The van der Waals surface area contributed by atoms with E-state index in [4.69, 9.17) is 0 Å². The van der Waals surface area contributed by atoms with Crippen LogP contribution >= 0.6 is 0 Å². The van der Waals surface area contributed by atoms with Crippen LogP contribution in [0.4, 0.5) is 0 Å².